The van der Waals surface area contributed by atoms with Crippen LogP contribution in [0.5, 0.6) is 0 Å². The van der Waals surface area contributed by atoms with E-state index in [0.717, 1.165) is 21.9 Å². The molecule has 0 fully saturated rings. The van der Waals surface area contributed by atoms with Gasteiger partial charge in [0, 0.05) is 15.4 Å². The van der Waals surface area contributed by atoms with Crippen molar-refractivity contribution in [3.63, 3.8) is 0 Å². The van der Waals surface area contributed by atoms with Crippen LogP contribution in [0.4, 0.5) is 24.5 Å². The van der Waals surface area contributed by atoms with Gasteiger partial charge < -0.3 is 9.15 Å². The van der Waals surface area contributed by atoms with Gasteiger partial charge in [-0.2, -0.15) is 13.2 Å². The minimum atomic E-state index is -4.51. The number of hydrogen-bond acceptors (Lipinski definition) is 5. The van der Waals surface area contributed by atoms with Crippen LogP contribution in [0, 0.1) is 0 Å². The maximum atomic E-state index is 13.1. The molecule has 1 aromatic heterocycles. The van der Waals surface area contributed by atoms with Gasteiger partial charge in [-0.15, -0.1) is 0 Å². The number of hydrogen-bond donors (Lipinski definition) is 0. The topological polar surface area (TPSA) is 59.8 Å². The van der Waals surface area contributed by atoms with Gasteiger partial charge in [0.05, 0.1) is 16.9 Å². The summed E-state index contributed by atoms with van der Waals surface area (Å²) < 4.78 is 49.6. The number of benzene rings is 3. The second-order valence-electron chi connectivity index (χ2n) is 7.59. The van der Waals surface area contributed by atoms with Gasteiger partial charge in [0.15, 0.2) is 6.61 Å². The number of nitrogens with zero attached hydrogens (tertiary/aromatic N) is 1. The van der Waals surface area contributed by atoms with Crippen molar-refractivity contribution in [1.29, 1.82) is 0 Å². The number of ether oxygens (including phenoxy) is 1. The van der Waals surface area contributed by atoms with E-state index >= 15 is 0 Å². The lowest BCUT2D eigenvalue weighted by molar-refractivity contribution is -0.137. The standard InChI is InChI=1S/C26H16F3NO4S/c27-26(28,29)17-7-5-6-16(14-17)20-12-13-21(34-20)25(32)33-15-24(31)30-18-8-1-3-10-22(18)35-23-11-4-2-9-19(23)30/h1-14H,15H2. The molecule has 5 rings (SSSR count). The minimum absolute atomic E-state index is 0.0743. The average molecular weight is 495 g/mol. The van der Waals surface area contributed by atoms with E-state index in [-0.39, 0.29) is 17.1 Å². The number of carbonyl (C=O) groups excluding carboxylic acids is 2. The van der Waals surface area contributed by atoms with E-state index in [1.165, 1.54) is 29.2 Å². The molecule has 0 N–H and O–H groups in total. The first-order valence-electron chi connectivity index (χ1n) is 10.4. The lowest BCUT2D eigenvalue weighted by atomic mass is 10.1. The number of fused-ring (bicyclic) bond motifs is 2. The van der Waals surface area contributed by atoms with Crippen molar-refractivity contribution in [2.24, 2.45) is 0 Å². The summed E-state index contributed by atoms with van der Waals surface area (Å²) in [5.41, 5.74) is 0.694. The first kappa shape index (κ1) is 22.8. The third-order valence-corrected chi connectivity index (χ3v) is 6.42. The Morgan fingerprint density at radius 3 is 2.17 bits per heavy atom. The molecule has 3 aromatic carbocycles. The largest absolute Gasteiger partial charge is 0.450 e. The van der Waals surface area contributed by atoms with Crippen LogP contribution in [-0.4, -0.2) is 18.5 Å². The predicted molar refractivity (Wildman–Crippen MR) is 124 cm³/mol. The molecule has 2 heterocycles. The van der Waals surface area contributed by atoms with Gasteiger partial charge in [0.2, 0.25) is 5.76 Å². The SMILES string of the molecule is O=C(OCC(=O)N1c2ccccc2Sc2ccccc21)c1ccc(-c2cccc(C(F)(F)F)c2)o1. The Labute approximate surface area is 202 Å². The number of esters is 1. The van der Waals surface area contributed by atoms with Gasteiger partial charge >= 0.3 is 12.1 Å². The predicted octanol–water partition coefficient (Wildman–Crippen LogP) is 6.95. The van der Waals surface area contributed by atoms with Gasteiger partial charge in [-0.05, 0) is 48.5 Å². The molecule has 0 bridgehead atoms. The summed E-state index contributed by atoms with van der Waals surface area (Å²) in [5.74, 6) is -1.50. The molecule has 35 heavy (non-hydrogen) atoms. The lowest BCUT2D eigenvalue weighted by Crippen LogP contribution is -2.32. The Morgan fingerprint density at radius 1 is 0.857 bits per heavy atom. The Hall–Kier alpha value is -3.98. The summed E-state index contributed by atoms with van der Waals surface area (Å²) in [4.78, 5) is 28.9. The summed E-state index contributed by atoms with van der Waals surface area (Å²) >= 11 is 1.54. The van der Waals surface area contributed by atoms with E-state index in [1.807, 2.05) is 48.5 Å². The van der Waals surface area contributed by atoms with Crippen LogP contribution in [0.25, 0.3) is 11.3 Å². The van der Waals surface area contributed by atoms with E-state index in [4.69, 9.17) is 9.15 Å². The molecular formula is C26H16F3NO4S. The second kappa shape index (κ2) is 8.99. The minimum Gasteiger partial charge on any atom is -0.450 e. The molecule has 0 saturated carbocycles. The molecule has 1 aliphatic heterocycles. The third-order valence-electron chi connectivity index (χ3n) is 5.29. The van der Waals surface area contributed by atoms with Gasteiger partial charge in [-0.3, -0.25) is 9.69 Å². The molecule has 9 heteroatoms. The number of para-hydroxylation sites is 2. The van der Waals surface area contributed by atoms with Crippen molar-refractivity contribution >= 4 is 35.0 Å². The highest BCUT2D eigenvalue weighted by Gasteiger charge is 2.31. The number of alkyl halides is 3. The molecule has 0 atom stereocenters. The molecule has 0 radical (unpaired) electrons. The van der Waals surface area contributed by atoms with Crippen molar-refractivity contribution < 1.29 is 31.9 Å². The highest BCUT2D eigenvalue weighted by Crippen LogP contribution is 2.47. The van der Waals surface area contributed by atoms with Crippen molar-refractivity contribution in [3.05, 3.63) is 96.3 Å². The maximum Gasteiger partial charge on any atom is 0.416 e. The first-order valence-corrected chi connectivity index (χ1v) is 11.3. The normalized spacial score (nSPS) is 12.6. The van der Waals surface area contributed by atoms with Crippen LogP contribution in [0.15, 0.2) is 99.1 Å². The highest BCUT2D eigenvalue weighted by atomic mass is 32.2. The van der Waals surface area contributed by atoms with Crippen molar-refractivity contribution in [2.45, 2.75) is 16.0 Å². The van der Waals surface area contributed by atoms with Crippen LogP contribution >= 0.6 is 11.8 Å². The zero-order chi connectivity index (χ0) is 24.6. The van der Waals surface area contributed by atoms with Crippen LogP contribution < -0.4 is 4.90 Å². The van der Waals surface area contributed by atoms with E-state index in [9.17, 15) is 22.8 Å². The van der Waals surface area contributed by atoms with Crippen LogP contribution in [0.2, 0.25) is 0 Å². The molecular weight excluding hydrogens is 479 g/mol. The van der Waals surface area contributed by atoms with Gasteiger partial charge in [-0.25, -0.2) is 4.79 Å². The fourth-order valence-corrected chi connectivity index (χ4v) is 4.75. The Balaban J connectivity index is 1.32. The van der Waals surface area contributed by atoms with E-state index in [1.54, 1.807) is 11.8 Å². The highest BCUT2D eigenvalue weighted by molar-refractivity contribution is 7.99. The quantitative estimate of drug-likeness (QED) is 0.287. The van der Waals surface area contributed by atoms with Gasteiger partial charge in [-0.1, -0.05) is 48.2 Å². The molecule has 0 unspecified atom stereocenters. The number of furan rings is 1. The molecule has 1 amide bonds. The smallest absolute Gasteiger partial charge is 0.416 e. The summed E-state index contributed by atoms with van der Waals surface area (Å²) in [7, 11) is 0. The molecule has 4 aromatic rings. The Bertz CT molecular complexity index is 1380. The summed E-state index contributed by atoms with van der Waals surface area (Å²) in [6.07, 6.45) is -4.51. The number of carbonyl (C=O) groups is 2. The number of amides is 1. The molecule has 176 valence electrons. The van der Waals surface area contributed by atoms with Crippen molar-refractivity contribution in [2.75, 3.05) is 11.5 Å². The van der Waals surface area contributed by atoms with E-state index < -0.39 is 30.2 Å². The zero-order valence-electron chi connectivity index (χ0n) is 17.9. The maximum absolute atomic E-state index is 13.1. The molecule has 0 saturated heterocycles. The number of anilines is 2. The summed E-state index contributed by atoms with van der Waals surface area (Å²) in [6.45, 7) is -0.550. The van der Waals surface area contributed by atoms with Crippen molar-refractivity contribution in [3.8, 4) is 11.3 Å². The zero-order valence-corrected chi connectivity index (χ0v) is 18.7. The third kappa shape index (κ3) is 4.54. The van der Waals surface area contributed by atoms with Gasteiger partial charge in [0.25, 0.3) is 5.91 Å². The summed E-state index contributed by atoms with van der Waals surface area (Å²) in [5, 5.41) is 0. The Kier molecular flexibility index (Phi) is 5.86. The Morgan fingerprint density at radius 2 is 1.51 bits per heavy atom. The number of halogens is 3. The fourth-order valence-electron chi connectivity index (χ4n) is 3.69. The lowest BCUT2D eigenvalue weighted by Gasteiger charge is -2.30. The molecule has 0 aliphatic carbocycles. The molecule has 1 aliphatic rings. The second-order valence-corrected chi connectivity index (χ2v) is 8.67. The fraction of sp³-hybridized carbons (Fsp3) is 0.0769. The average Bonchev–Trinajstić information content (AvgIpc) is 3.36. The molecule has 5 nitrogen and oxygen atoms in total. The van der Waals surface area contributed by atoms with Crippen molar-refractivity contribution in [1.82, 2.24) is 0 Å². The van der Waals surface area contributed by atoms with E-state index in [0.29, 0.717) is 11.4 Å². The van der Waals surface area contributed by atoms with Crippen LogP contribution in [0.3, 0.4) is 0 Å². The molecule has 0 spiro atoms. The van der Waals surface area contributed by atoms with Gasteiger partial charge in [0.1, 0.15) is 5.76 Å². The van der Waals surface area contributed by atoms with Crippen LogP contribution in [-0.2, 0) is 15.7 Å². The number of rotatable bonds is 4. The van der Waals surface area contributed by atoms with Crippen LogP contribution in [0.1, 0.15) is 16.1 Å². The van der Waals surface area contributed by atoms with E-state index in [2.05, 4.69) is 0 Å². The monoisotopic (exact) mass is 495 g/mol. The first-order chi connectivity index (χ1) is 16.8. The summed E-state index contributed by atoms with van der Waals surface area (Å²) in [6, 6.07) is 22.1.